The molecule has 0 aromatic rings. The Kier molecular flexibility index (Phi) is 9.61. The largest absolute Gasteiger partial charge is 0.396 e. The molecule has 1 atom stereocenters. The second-order valence-corrected chi connectivity index (χ2v) is 8.81. The van der Waals surface area contributed by atoms with Gasteiger partial charge in [-0.15, -0.1) is 0 Å². The highest BCUT2D eigenvalue weighted by Gasteiger charge is 2.27. The standard InChI is InChI=1S/C16H34N4O3S/c1-4-17-16(19-13-15(6-10-21)12-14(2)3)18-7-9-20-8-5-11-24(20,22)23/h14-15,21H,4-13H2,1-3H3,(H2,17,18,19). The summed E-state index contributed by atoms with van der Waals surface area (Å²) < 4.78 is 25.1. The molecular weight excluding hydrogens is 328 g/mol. The number of rotatable bonds is 10. The highest BCUT2D eigenvalue weighted by molar-refractivity contribution is 7.89. The van der Waals surface area contributed by atoms with Crippen LogP contribution in [0.15, 0.2) is 4.99 Å². The molecule has 0 radical (unpaired) electrons. The number of sulfonamides is 1. The summed E-state index contributed by atoms with van der Waals surface area (Å²) in [4.78, 5) is 4.60. The molecule has 0 aromatic heterocycles. The maximum atomic E-state index is 11.8. The zero-order valence-corrected chi connectivity index (χ0v) is 16.1. The van der Waals surface area contributed by atoms with E-state index in [4.69, 9.17) is 0 Å². The Labute approximate surface area is 147 Å². The zero-order valence-electron chi connectivity index (χ0n) is 15.3. The maximum Gasteiger partial charge on any atom is 0.214 e. The average Bonchev–Trinajstić information content (AvgIpc) is 2.83. The minimum atomic E-state index is -3.04. The number of guanidine groups is 1. The number of nitrogens with one attached hydrogen (secondary N) is 2. The van der Waals surface area contributed by atoms with Crippen LogP contribution in [0.4, 0.5) is 0 Å². The van der Waals surface area contributed by atoms with Crippen LogP contribution in [0, 0.1) is 11.8 Å². The lowest BCUT2D eigenvalue weighted by Gasteiger charge is -2.19. The minimum absolute atomic E-state index is 0.184. The Balaban J connectivity index is 2.49. The molecule has 0 amide bonds. The van der Waals surface area contributed by atoms with Crippen molar-refractivity contribution >= 4 is 16.0 Å². The second kappa shape index (κ2) is 10.9. The molecule has 1 aliphatic heterocycles. The van der Waals surface area contributed by atoms with Gasteiger partial charge >= 0.3 is 0 Å². The minimum Gasteiger partial charge on any atom is -0.396 e. The van der Waals surface area contributed by atoms with Gasteiger partial charge in [0.15, 0.2) is 5.96 Å². The van der Waals surface area contributed by atoms with Crippen LogP contribution in [0.2, 0.25) is 0 Å². The van der Waals surface area contributed by atoms with Crippen molar-refractivity contribution in [2.45, 2.75) is 40.0 Å². The number of aliphatic imine (C=N–C) groups is 1. The fourth-order valence-electron chi connectivity index (χ4n) is 2.94. The Morgan fingerprint density at radius 3 is 2.62 bits per heavy atom. The summed E-state index contributed by atoms with van der Waals surface area (Å²) in [5.41, 5.74) is 0. The molecule has 142 valence electrons. The molecule has 8 heteroatoms. The van der Waals surface area contributed by atoms with Gasteiger partial charge in [0.1, 0.15) is 0 Å². The van der Waals surface area contributed by atoms with Crippen LogP contribution < -0.4 is 10.6 Å². The lowest BCUT2D eigenvalue weighted by atomic mass is 9.94. The predicted octanol–water partition coefficient (Wildman–Crippen LogP) is 0.622. The van der Waals surface area contributed by atoms with E-state index in [2.05, 4.69) is 29.5 Å². The Bertz CT molecular complexity index is 480. The van der Waals surface area contributed by atoms with E-state index in [1.165, 1.54) is 4.31 Å². The Morgan fingerprint density at radius 1 is 1.33 bits per heavy atom. The topological polar surface area (TPSA) is 94.0 Å². The van der Waals surface area contributed by atoms with Crippen LogP contribution in [0.25, 0.3) is 0 Å². The number of nitrogens with zero attached hydrogens (tertiary/aromatic N) is 2. The molecule has 1 unspecified atom stereocenters. The fourth-order valence-corrected chi connectivity index (χ4v) is 4.47. The van der Waals surface area contributed by atoms with Gasteiger partial charge in [-0.3, -0.25) is 4.99 Å². The van der Waals surface area contributed by atoms with Crippen molar-refractivity contribution in [1.29, 1.82) is 0 Å². The molecule has 0 spiro atoms. The molecule has 3 N–H and O–H groups in total. The molecule has 1 saturated heterocycles. The summed E-state index contributed by atoms with van der Waals surface area (Å²) >= 11 is 0. The van der Waals surface area contributed by atoms with Crippen molar-refractivity contribution in [2.24, 2.45) is 16.8 Å². The summed E-state index contributed by atoms with van der Waals surface area (Å²) in [6, 6.07) is 0. The van der Waals surface area contributed by atoms with Crippen molar-refractivity contribution < 1.29 is 13.5 Å². The van der Waals surface area contributed by atoms with E-state index in [1.54, 1.807) is 0 Å². The molecule has 1 fully saturated rings. The van der Waals surface area contributed by atoms with Crippen LogP contribution in [0.1, 0.15) is 40.0 Å². The average molecular weight is 363 g/mol. The van der Waals surface area contributed by atoms with Crippen molar-refractivity contribution in [1.82, 2.24) is 14.9 Å². The van der Waals surface area contributed by atoms with Crippen molar-refractivity contribution in [3.05, 3.63) is 0 Å². The van der Waals surface area contributed by atoms with Gasteiger partial charge < -0.3 is 15.7 Å². The van der Waals surface area contributed by atoms with Crippen LogP contribution in [0.5, 0.6) is 0 Å². The van der Waals surface area contributed by atoms with Gasteiger partial charge in [-0.1, -0.05) is 13.8 Å². The lowest BCUT2D eigenvalue weighted by molar-refractivity contribution is 0.245. The molecule has 1 rings (SSSR count). The smallest absolute Gasteiger partial charge is 0.214 e. The molecule has 0 saturated carbocycles. The number of aliphatic hydroxyl groups is 1. The van der Waals surface area contributed by atoms with Crippen molar-refractivity contribution in [3.8, 4) is 0 Å². The van der Waals surface area contributed by atoms with Gasteiger partial charge in [0.2, 0.25) is 10.0 Å². The molecule has 1 heterocycles. The monoisotopic (exact) mass is 362 g/mol. The van der Waals surface area contributed by atoms with E-state index >= 15 is 0 Å². The molecule has 1 aliphatic rings. The summed E-state index contributed by atoms with van der Waals surface area (Å²) in [6.07, 6.45) is 2.51. The van der Waals surface area contributed by atoms with E-state index in [0.29, 0.717) is 50.4 Å². The van der Waals surface area contributed by atoms with E-state index < -0.39 is 10.0 Å². The maximum absolute atomic E-state index is 11.8. The van der Waals surface area contributed by atoms with Gasteiger partial charge in [-0.2, -0.15) is 0 Å². The highest BCUT2D eigenvalue weighted by atomic mass is 32.2. The number of hydrogen-bond donors (Lipinski definition) is 3. The Hall–Kier alpha value is -0.860. The first-order valence-electron chi connectivity index (χ1n) is 9.00. The number of hydrogen-bond acceptors (Lipinski definition) is 4. The van der Waals surface area contributed by atoms with Gasteiger partial charge in [0.25, 0.3) is 0 Å². The van der Waals surface area contributed by atoms with Crippen LogP contribution >= 0.6 is 0 Å². The van der Waals surface area contributed by atoms with E-state index in [9.17, 15) is 13.5 Å². The Morgan fingerprint density at radius 2 is 2.08 bits per heavy atom. The van der Waals surface area contributed by atoms with Gasteiger partial charge in [0.05, 0.1) is 5.75 Å². The quantitative estimate of drug-likeness (QED) is 0.391. The first kappa shape index (κ1) is 21.2. The van der Waals surface area contributed by atoms with Gasteiger partial charge in [-0.05, 0) is 38.0 Å². The molecule has 24 heavy (non-hydrogen) atoms. The van der Waals surface area contributed by atoms with Crippen molar-refractivity contribution in [2.75, 3.05) is 45.1 Å². The zero-order chi connectivity index (χ0) is 18.0. The predicted molar refractivity (Wildman–Crippen MR) is 98.6 cm³/mol. The summed E-state index contributed by atoms with van der Waals surface area (Å²) in [6.45, 7) is 9.58. The molecular formula is C16H34N4O3S. The van der Waals surface area contributed by atoms with Crippen LogP contribution in [0.3, 0.4) is 0 Å². The first-order valence-corrected chi connectivity index (χ1v) is 10.6. The number of aliphatic hydroxyl groups excluding tert-OH is 1. The summed E-state index contributed by atoms with van der Waals surface area (Å²) in [5, 5.41) is 15.6. The third-order valence-electron chi connectivity index (χ3n) is 4.05. The highest BCUT2D eigenvalue weighted by Crippen LogP contribution is 2.15. The van der Waals surface area contributed by atoms with Gasteiger partial charge in [-0.25, -0.2) is 12.7 Å². The fraction of sp³-hybridized carbons (Fsp3) is 0.938. The lowest BCUT2D eigenvalue weighted by Crippen LogP contribution is -2.42. The van der Waals surface area contributed by atoms with E-state index in [0.717, 1.165) is 19.4 Å². The van der Waals surface area contributed by atoms with Crippen molar-refractivity contribution in [3.63, 3.8) is 0 Å². The molecule has 0 aliphatic carbocycles. The van der Waals surface area contributed by atoms with Crippen LogP contribution in [-0.2, 0) is 10.0 Å². The first-order chi connectivity index (χ1) is 11.4. The third kappa shape index (κ3) is 7.81. The third-order valence-corrected chi connectivity index (χ3v) is 6.01. The van der Waals surface area contributed by atoms with Crippen LogP contribution in [-0.4, -0.2) is 68.9 Å². The SMILES string of the molecule is CCNC(=NCC(CCO)CC(C)C)NCCN1CCCS1(=O)=O. The normalized spacial score (nSPS) is 19.6. The van der Waals surface area contributed by atoms with Gasteiger partial charge in [0, 0.05) is 39.3 Å². The molecule has 0 bridgehead atoms. The summed E-state index contributed by atoms with van der Waals surface area (Å²) in [5.74, 6) is 1.91. The summed E-state index contributed by atoms with van der Waals surface area (Å²) in [7, 11) is -3.04. The van der Waals surface area contributed by atoms with E-state index in [1.807, 2.05) is 6.92 Å². The second-order valence-electron chi connectivity index (χ2n) is 6.72. The van der Waals surface area contributed by atoms with E-state index in [-0.39, 0.29) is 12.4 Å². The molecule has 0 aromatic carbocycles. The molecule has 7 nitrogen and oxygen atoms in total.